The Bertz CT molecular complexity index is 1140. The first-order valence-electron chi connectivity index (χ1n) is 7.57. The van der Waals surface area contributed by atoms with Crippen LogP contribution in [0.3, 0.4) is 0 Å². The molecule has 1 amide bonds. The topological polar surface area (TPSA) is 103 Å². The fourth-order valence-corrected chi connectivity index (χ4v) is 2.67. The molecule has 0 atom stereocenters. The largest absolute Gasteiger partial charge is 0.332 e. The number of amides is 1. The molecule has 2 aromatic heterocycles. The summed E-state index contributed by atoms with van der Waals surface area (Å²) in [5.41, 5.74) is 2.49. The molecule has 0 radical (unpaired) electrons. The summed E-state index contributed by atoms with van der Waals surface area (Å²) in [6, 6.07) is 6.98. The van der Waals surface area contributed by atoms with E-state index in [1.807, 2.05) is 0 Å². The zero-order chi connectivity index (χ0) is 18.8. The maximum absolute atomic E-state index is 12.3. The Kier molecular flexibility index (Phi) is 4.72. The first-order valence-corrected chi connectivity index (χ1v) is 7.94. The van der Waals surface area contributed by atoms with Crippen molar-refractivity contribution in [2.75, 3.05) is 0 Å². The predicted octanol–water partition coefficient (Wildman–Crippen LogP) is 0.237. The molecule has 3 aromatic rings. The molecule has 0 bridgehead atoms. The van der Waals surface area contributed by atoms with Crippen LogP contribution < -0.4 is 16.7 Å². The first kappa shape index (κ1) is 17.6. The molecule has 0 aliphatic rings. The van der Waals surface area contributed by atoms with Crippen LogP contribution in [0.15, 0.2) is 45.3 Å². The van der Waals surface area contributed by atoms with Gasteiger partial charge in [-0.2, -0.15) is 5.10 Å². The summed E-state index contributed by atoms with van der Waals surface area (Å²) in [4.78, 5) is 40.3. The lowest BCUT2D eigenvalue weighted by Gasteiger charge is -2.06. The molecule has 0 aliphatic heterocycles. The van der Waals surface area contributed by atoms with E-state index in [-0.39, 0.29) is 17.7 Å². The molecule has 0 unspecified atom stereocenters. The number of benzene rings is 1. The zero-order valence-electron chi connectivity index (χ0n) is 14.0. The molecule has 2 heterocycles. The van der Waals surface area contributed by atoms with Crippen LogP contribution in [0.2, 0.25) is 5.02 Å². The number of nitrogens with one attached hydrogen (secondary N) is 1. The van der Waals surface area contributed by atoms with Gasteiger partial charge in [-0.15, -0.1) is 0 Å². The van der Waals surface area contributed by atoms with Crippen LogP contribution in [0.25, 0.3) is 11.2 Å². The Hall–Kier alpha value is -3.20. The van der Waals surface area contributed by atoms with E-state index in [2.05, 4.69) is 15.5 Å². The summed E-state index contributed by atoms with van der Waals surface area (Å²) < 4.78 is 3.60. The average Bonchev–Trinajstić information content (AvgIpc) is 3.02. The van der Waals surface area contributed by atoms with Crippen molar-refractivity contribution in [1.82, 2.24) is 24.1 Å². The van der Waals surface area contributed by atoms with Crippen LogP contribution >= 0.6 is 11.6 Å². The summed E-state index contributed by atoms with van der Waals surface area (Å²) in [6.07, 6.45) is 2.80. The molecule has 1 N–H and O–H groups in total. The maximum Gasteiger partial charge on any atom is 0.332 e. The Morgan fingerprint density at radius 2 is 2.08 bits per heavy atom. The molecule has 0 saturated carbocycles. The second-order valence-corrected chi connectivity index (χ2v) is 6.04. The van der Waals surface area contributed by atoms with E-state index in [0.717, 1.165) is 10.1 Å². The number of nitrogens with zero attached hydrogens (tertiary/aromatic N) is 5. The lowest BCUT2D eigenvalue weighted by atomic mass is 10.2. The number of carbonyl (C=O) groups excluding carboxylic acids is 1. The molecule has 9 nitrogen and oxygen atoms in total. The minimum Gasteiger partial charge on any atom is -0.315 e. The van der Waals surface area contributed by atoms with Crippen LogP contribution in [0, 0.1) is 0 Å². The van der Waals surface area contributed by atoms with Crippen LogP contribution in [-0.2, 0) is 25.4 Å². The quantitative estimate of drug-likeness (QED) is 0.521. The number of aromatic nitrogens is 4. The highest BCUT2D eigenvalue weighted by Gasteiger charge is 2.15. The van der Waals surface area contributed by atoms with Gasteiger partial charge in [0.15, 0.2) is 11.2 Å². The first-order chi connectivity index (χ1) is 12.4. The highest BCUT2D eigenvalue weighted by atomic mass is 35.5. The Morgan fingerprint density at radius 1 is 1.31 bits per heavy atom. The fourth-order valence-electron chi connectivity index (χ4n) is 2.47. The van der Waals surface area contributed by atoms with Crippen LogP contribution in [0.5, 0.6) is 0 Å². The summed E-state index contributed by atoms with van der Waals surface area (Å²) >= 11 is 5.87. The van der Waals surface area contributed by atoms with Gasteiger partial charge in [0.1, 0.15) is 6.54 Å². The Labute approximate surface area is 152 Å². The van der Waals surface area contributed by atoms with Crippen molar-refractivity contribution < 1.29 is 4.79 Å². The van der Waals surface area contributed by atoms with E-state index in [1.54, 1.807) is 24.3 Å². The van der Waals surface area contributed by atoms with Crippen molar-refractivity contribution in [2.24, 2.45) is 19.2 Å². The third kappa shape index (κ3) is 3.29. The second kappa shape index (κ2) is 6.96. The molecule has 134 valence electrons. The molecule has 26 heavy (non-hydrogen) atoms. The molecule has 10 heteroatoms. The molecular weight excluding hydrogens is 360 g/mol. The number of hydrazone groups is 1. The van der Waals surface area contributed by atoms with Gasteiger partial charge in [0.2, 0.25) is 0 Å². The van der Waals surface area contributed by atoms with Crippen molar-refractivity contribution in [2.45, 2.75) is 6.54 Å². The highest BCUT2D eigenvalue weighted by Crippen LogP contribution is 2.08. The summed E-state index contributed by atoms with van der Waals surface area (Å²) in [5, 5.41) is 4.42. The van der Waals surface area contributed by atoms with Gasteiger partial charge in [0.25, 0.3) is 11.5 Å². The lowest BCUT2D eigenvalue weighted by Crippen LogP contribution is -2.38. The van der Waals surface area contributed by atoms with Gasteiger partial charge >= 0.3 is 5.69 Å². The lowest BCUT2D eigenvalue weighted by molar-refractivity contribution is -0.121. The third-order valence-electron chi connectivity index (χ3n) is 3.78. The van der Waals surface area contributed by atoms with Gasteiger partial charge in [-0.1, -0.05) is 23.7 Å². The summed E-state index contributed by atoms with van der Waals surface area (Å²) in [5.74, 6) is -0.446. The maximum atomic E-state index is 12.3. The molecule has 0 fully saturated rings. The number of halogens is 1. The molecule has 0 spiro atoms. The van der Waals surface area contributed by atoms with Crippen molar-refractivity contribution >= 4 is 34.9 Å². The van der Waals surface area contributed by atoms with Crippen molar-refractivity contribution in [3.63, 3.8) is 0 Å². The van der Waals surface area contributed by atoms with Gasteiger partial charge in [0, 0.05) is 19.1 Å². The average molecular weight is 375 g/mol. The van der Waals surface area contributed by atoms with E-state index in [0.29, 0.717) is 5.02 Å². The van der Waals surface area contributed by atoms with E-state index in [1.165, 1.54) is 35.8 Å². The van der Waals surface area contributed by atoms with Gasteiger partial charge in [0.05, 0.1) is 12.5 Å². The van der Waals surface area contributed by atoms with Crippen LogP contribution in [0.1, 0.15) is 5.56 Å². The third-order valence-corrected chi connectivity index (χ3v) is 4.02. The monoisotopic (exact) mass is 374 g/mol. The zero-order valence-corrected chi connectivity index (χ0v) is 14.8. The smallest absolute Gasteiger partial charge is 0.315 e. The van der Waals surface area contributed by atoms with E-state index < -0.39 is 17.2 Å². The van der Waals surface area contributed by atoms with Crippen LogP contribution in [0.4, 0.5) is 0 Å². The number of imidazole rings is 1. The number of rotatable bonds is 4. The Balaban J connectivity index is 1.80. The number of aryl methyl sites for hydroxylation is 1. The van der Waals surface area contributed by atoms with E-state index >= 15 is 0 Å². The molecule has 1 aromatic carbocycles. The highest BCUT2D eigenvalue weighted by molar-refractivity contribution is 6.30. The predicted molar refractivity (Wildman–Crippen MR) is 97.4 cm³/mol. The van der Waals surface area contributed by atoms with Gasteiger partial charge in [-0.05, 0) is 17.7 Å². The molecule has 0 saturated heterocycles. The van der Waals surface area contributed by atoms with E-state index in [4.69, 9.17) is 11.6 Å². The Morgan fingerprint density at radius 3 is 2.81 bits per heavy atom. The minimum absolute atomic E-state index is 0.170. The van der Waals surface area contributed by atoms with Gasteiger partial charge in [-0.25, -0.2) is 15.2 Å². The second-order valence-electron chi connectivity index (χ2n) is 5.60. The van der Waals surface area contributed by atoms with Gasteiger partial charge < -0.3 is 4.57 Å². The summed E-state index contributed by atoms with van der Waals surface area (Å²) in [7, 11) is 2.88. The number of hydrogen-bond acceptors (Lipinski definition) is 5. The minimum atomic E-state index is -0.518. The van der Waals surface area contributed by atoms with E-state index in [9.17, 15) is 14.4 Å². The SMILES string of the molecule is Cn1c(=O)c2c(ncn2CC(=O)NN=Cc2cccc(Cl)c2)n(C)c1=O. The fraction of sp³-hybridized carbons (Fsp3) is 0.188. The normalized spacial score (nSPS) is 11.3. The molecule has 3 rings (SSSR count). The van der Waals surface area contributed by atoms with Crippen molar-refractivity contribution in [1.29, 1.82) is 0 Å². The standard InChI is InChI=1S/C16H15ClN6O3/c1-21-14-13(15(25)22(2)16(21)26)23(9-18-14)8-12(24)20-19-7-10-4-3-5-11(17)6-10/h3-7,9H,8H2,1-2H3,(H,20,24). The molecular formula is C16H15ClN6O3. The number of hydrogen-bond donors (Lipinski definition) is 1. The van der Waals surface area contributed by atoms with Crippen molar-refractivity contribution in [3.8, 4) is 0 Å². The van der Waals surface area contributed by atoms with Crippen molar-refractivity contribution in [3.05, 3.63) is 62.0 Å². The van der Waals surface area contributed by atoms with Crippen LogP contribution in [-0.4, -0.2) is 30.8 Å². The number of carbonyl (C=O) groups is 1. The van der Waals surface area contributed by atoms with Gasteiger partial charge in [-0.3, -0.25) is 18.7 Å². The molecule has 0 aliphatic carbocycles. The summed E-state index contributed by atoms with van der Waals surface area (Å²) in [6.45, 7) is -0.170. The number of fused-ring (bicyclic) bond motifs is 1.